The van der Waals surface area contributed by atoms with E-state index in [2.05, 4.69) is 36.3 Å². The van der Waals surface area contributed by atoms with E-state index in [4.69, 9.17) is 0 Å². The zero-order chi connectivity index (χ0) is 15.5. The Morgan fingerprint density at radius 2 is 1.81 bits per heavy atom. The smallest absolute Gasteiger partial charge is 0.159 e. The number of hydrogen-bond donors (Lipinski definition) is 1. The largest absolute Gasteiger partial charge is 0.312 e. The predicted molar refractivity (Wildman–Crippen MR) is 80.5 cm³/mol. The second-order valence-corrected chi connectivity index (χ2v) is 7.09. The van der Waals surface area contributed by atoms with Crippen LogP contribution in [0.2, 0.25) is 0 Å². The lowest BCUT2D eigenvalue weighted by molar-refractivity contribution is 0.429. The second kappa shape index (κ2) is 6.58. The third kappa shape index (κ3) is 5.13. The number of halogens is 2. The van der Waals surface area contributed by atoms with Crippen LogP contribution in [0.3, 0.4) is 0 Å². The third-order valence-corrected chi connectivity index (χ3v) is 3.83. The molecule has 0 aliphatic rings. The van der Waals surface area contributed by atoms with E-state index in [1.807, 2.05) is 0 Å². The fourth-order valence-electron chi connectivity index (χ4n) is 1.83. The van der Waals surface area contributed by atoms with Gasteiger partial charge in [-0.3, -0.25) is 0 Å². The van der Waals surface area contributed by atoms with Crippen molar-refractivity contribution in [2.45, 2.75) is 39.2 Å². The Balaban J connectivity index is 1.92. The van der Waals surface area contributed by atoms with Gasteiger partial charge in [-0.1, -0.05) is 6.07 Å². The van der Waals surface area contributed by atoms with Crippen LogP contribution in [-0.4, -0.2) is 22.3 Å². The first-order chi connectivity index (χ1) is 9.83. The lowest BCUT2D eigenvalue weighted by Gasteiger charge is -2.19. The first kappa shape index (κ1) is 16.0. The van der Waals surface area contributed by atoms with Crippen molar-refractivity contribution in [3.8, 4) is 0 Å². The van der Waals surface area contributed by atoms with Gasteiger partial charge in [-0.15, -0.1) is 21.5 Å². The van der Waals surface area contributed by atoms with Crippen LogP contribution in [0.25, 0.3) is 0 Å². The van der Waals surface area contributed by atoms with Crippen molar-refractivity contribution < 1.29 is 8.78 Å². The van der Waals surface area contributed by atoms with E-state index in [0.29, 0.717) is 12.0 Å². The van der Waals surface area contributed by atoms with Gasteiger partial charge in [0.2, 0.25) is 0 Å². The highest BCUT2D eigenvalue weighted by molar-refractivity contribution is 7.11. The van der Waals surface area contributed by atoms with Gasteiger partial charge in [0.1, 0.15) is 10.0 Å². The Bertz CT molecular complexity index is 605. The fraction of sp³-hybridized carbons (Fsp3) is 0.467. The van der Waals surface area contributed by atoms with Crippen molar-refractivity contribution in [2.24, 2.45) is 0 Å². The summed E-state index contributed by atoms with van der Waals surface area (Å²) in [6.45, 7) is 7.17. The maximum absolute atomic E-state index is 13.1. The van der Waals surface area contributed by atoms with Crippen molar-refractivity contribution in [3.05, 3.63) is 45.4 Å². The second-order valence-electron chi connectivity index (χ2n) is 5.94. The summed E-state index contributed by atoms with van der Waals surface area (Å²) < 4.78 is 26.0. The molecule has 0 atom stereocenters. The molecule has 0 aliphatic carbocycles. The molecule has 0 aliphatic heterocycles. The number of nitrogens with zero attached hydrogens (tertiary/aromatic N) is 2. The normalized spacial score (nSPS) is 11.9. The van der Waals surface area contributed by atoms with Crippen LogP contribution in [0.4, 0.5) is 8.78 Å². The number of benzene rings is 1. The number of aromatic nitrogens is 2. The Morgan fingerprint density at radius 1 is 1.10 bits per heavy atom. The molecular formula is C15H19F2N3S. The van der Waals surface area contributed by atoms with Crippen molar-refractivity contribution in [3.63, 3.8) is 0 Å². The summed E-state index contributed by atoms with van der Waals surface area (Å²) in [6.07, 6.45) is 1.29. The van der Waals surface area contributed by atoms with Crippen LogP contribution in [-0.2, 0) is 12.8 Å². The molecular weight excluding hydrogens is 292 g/mol. The molecule has 1 aromatic heterocycles. The summed E-state index contributed by atoms with van der Waals surface area (Å²) in [5, 5.41) is 13.4. The van der Waals surface area contributed by atoms with E-state index in [-0.39, 0.29) is 5.54 Å². The molecule has 1 aromatic carbocycles. The minimum absolute atomic E-state index is 0.0825. The molecule has 0 saturated carbocycles. The number of rotatable bonds is 5. The van der Waals surface area contributed by atoms with Gasteiger partial charge in [0.05, 0.1) is 0 Å². The summed E-state index contributed by atoms with van der Waals surface area (Å²) in [5.74, 6) is -1.66. The van der Waals surface area contributed by atoms with Crippen LogP contribution in [0.15, 0.2) is 18.2 Å². The molecule has 2 aromatic rings. The van der Waals surface area contributed by atoms with Crippen LogP contribution in [0, 0.1) is 11.6 Å². The van der Waals surface area contributed by atoms with Gasteiger partial charge in [0.15, 0.2) is 11.6 Å². The van der Waals surface area contributed by atoms with Gasteiger partial charge in [0, 0.05) is 24.9 Å². The first-order valence-corrected chi connectivity index (χ1v) is 7.65. The topological polar surface area (TPSA) is 37.8 Å². The lowest BCUT2D eigenvalue weighted by Crippen LogP contribution is -2.37. The maximum Gasteiger partial charge on any atom is 0.159 e. The molecule has 0 saturated heterocycles. The molecule has 6 heteroatoms. The number of nitrogens with one attached hydrogen (secondary N) is 1. The third-order valence-electron chi connectivity index (χ3n) is 2.84. The minimum Gasteiger partial charge on any atom is -0.312 e. The van der Waals surface area contributed by atoms with Gasteiger partial charge in [-0.2, -0.15) is 0 Å². The van der Waals surface area contributed by atoms with Crippen LogP contribution < -0.4 is 5.32 Å². The van der Waals surface area contributed by atoms with Gasteiger partial charge in [-0.05, 0) is 38.5 Å². The van der Waals surface area contributed by atoms with E-state index in [1.54, 1.807) is 6.07 Å². The van der Waals surface area contributed by atoms with Crippen molar-refractivity contribution >= 4 is 11.3 Å². The highest BCUT2D eigenvalue weighted by Crippen LogP contribution is 2.17. The molecule has 2 rings (SSSR count). The fourth-order valence-corrected chi connectivity index (χ4v) is 2.71. The monoisotopic (exact) mass is 311 g/mol. The Labute approximate surface area is 127 Å². The van der Waals surface area contributed by atoms with E-state index in [0.717, 1.165) is 29.0 Å². The van der Waals surface area contributed by atoms with E-state index < -0.39 is 11.6 Å². The van der Waals surface area contributed by atoms with Gasteiger partial charge < -0.3 is 5.32 Å². The summed E-state index contributed by atoms with van der Waals surface area (Å²) >= 11 is 1.51. The van der Waals surface area contributed by atoms with Crippen LogP contribution in [0.1, 0.15) is 36.3 Å². The quantitative estimate of drug-likeness (QED) is 0.920. The predicted octanol–water partition coefficient (Wildman–Crippen LogP) is 3.34. The Morgan fingerprint density at radius 3 is 2.48 bits per heavy atom. The summed E-state index contributed by atoms with van der Waals surface area (Å²) in [6, 6.07) is 3.91. The SMILES string of the molecule is CC(C)(C)NCCc1nnc(Cc2ccc(F)c(F)c2)s1. The maximum atomic E-state index is 13.1. The molecule has 0 bridgehead atoms. The molecule has 0 unspecified atom stereocenters. The first-order valence-electron chi connectivity index (χ1n) is 6.84. The average molecular weight is 311 g/mol. The zero-order valence-corrected chi connectivity index (χ0v) is 13.2. The zero-order valence-electron chi connectivity index (χ0n) is 12.4. The van der Waals surface area contributed by atoms with Gasteiger partial charge in [0.25, 0.3) is 0 Å². The van der Waals surface area contributed by atoms with Gasteiger partial charge >= 0.3 is 0 Å². The van der Waals surface area contributed by atoms with Crippen molar-refractivity contribution in [1.82, 2.24) is 15.5 Å². The van der Waals surface area contributed by atoms with E-state index in [9.17, 15) is 8.78 Å². The van der Waals surface area contributed by atoms with Crippen molar-refractivity contribution in [2.75, 3.05) is 6.54 Å². The molecule has 1 N–H and O–H groups in total. The lowest BCUT2D eigenvalue weighted by atomic mass is 10.1. The Hall–Kier alpha value is -1.40. The standard InChI is InChI=1S/C15H19F2N3S/c1-15(2,3)18-7-6-13-19-20-14(21-13)9-10-4-5-11(16)12(17)8-10/h4-5,8,18H,6-7,9H2,1-3H3. The average Bonchev–Trinajstić information content (AvgIpc) is 2.80. The molecule has 1 heterocycles. The molecule has 3 nitrogen and oxygen atoms in total. The molecule has 114 valence electrons. The summed E-state index contributed by atoms with van der Waals surface area (Å²) in [4.78, 5) is 0. The summed E-state index contributed by atoms with van der Waals surface area (Å²) in [7, 11) is 0. The van der Waals surface area contributed by atoms with Gasteiger partial charge in [-0.25, -0.2) is 8.78 Å². The van der Waals surface area contributed by atoms with Crippen LogP contribution in [0.5, 0.6) is 0 Å². The molecule has 0 amide bonds. The minimum atomic E-state index is -0.829. The molecule has 21 heavy (non-hydrogen) atoms. The summed E-state index contributed by atoms with van der Waals surface area (Å²) in [5.41, 5.74) is 0.781. The highest BCUT2D eigenvalue weighted by atomic mass is 32.1. The van der Waals surface area contributed by atoms with E-state index in [1.165, 1.54) is 17.4 Å². The van der Waals surface area contributed by atoms with Crippen molar-refractivity contribution in [1.29, 1.82) is 0 Å². The molecule has 0 fully saturated rings. The molecule has 0 spiro atoms. The highest BCUT2D eigenvalue weighted by Gasteiger charge is 2.10. The Kier molecular flexibility index (Phi) is 5.00. The number of hydrogen-bond acceptors (Lipinski definition) is 4. The van der Waals surface area contributed by atoms with E-state index >= 15 is 0 Å². The molecule has 0 radical (unpaired) electrons. The van der Waals surface area contributed by atoms with Crippen LogP contribution >= 0.6 is 11.3 Å².